The molecule has 0 aromatic heterocycles. The van der Waals surface area contributed by atoms with Crippen molar-refractivity contribution in [3.63, 3.8) is 0 Å². The van der Waals surface area contributed by atoms with Gasteiger partial charge in [0.05, 0.1) is 23.3 Å². The van der Waals surface area contributed by atoms with E-state index in [0.29, 0.717) is 18.7 Å². The van der Waals surface area contributed by atoms with Gasteiger partial charge in [0.25, 0.3) is 0 Å². The number of carboxylic acids is 2. The minimum atomic E-state index is -3.94. The van der Waals surface area contributed by atoms with Crippen LogP contribution in [0.25, 0.3) is 0 Å². The van der Waals surface area contributed by atoms with E-state index in [0.717, 1.165) is 39.2 Å². The first kappa shape index (κ1) is 38.6. The number of para-hydroxylation sites is 1. The zero-order valence-corrected chi connectivity index (χ0v) is 31.6. The quantitative estimate of drug-likeness (QED) is 0.187. The van der Waals surface area contributed by atoms with Crippen molar-refractivity contribution in [1.29, 1.82) is 0 Å². The lowest BCUT2D eigenvalue weighted by Gasteiger charge is -2.36. The number of hydrogen-bond donors (Lipinski definition) is 4. The first-order valence-electron chi connectivity index (χ1n) is 17.5. The number of hydrogen-bond acceptors (Lipinski definition) is 9. The molecule has 0 unspecified atom stereocenters. The van der Waals surface area contributed by atoms with Gasteiger partial charge in [-0.3, -0.25) is 19.6 Å². The first-order valence-corrected chi connectivity index (χ1v) is 19.0. The summed E-state index contributed by atoms with van der Waals surface area (Å²) in [6.45, 7) is 12.3. The number of hydrazine groups is 2. The fourth-order valence-corrected chi connectivity index (χ4v) is 8.77. The molecule has 0 radical (unpaired) electrons. The molecule has 14 heteroatoms. The van der Waals surface area contributed by atoms with Gasteiger partial charge >= 0.3 is 11.9 Å². The fourth-order valence-electron chi connectivity index (χ4n) is 7.20. The second-order valence-electron chi connectivity index (χ2n) is 14.1. The minimum absolute atomic E-state index is 0.0626. The third kappa shape index (κ3) is 7.46. The molecule has 3 aromatic rings. The number of rotatable bonds is 13. The van der Waals surface area contributed by atoms with E-state index in [1.165, 1.54) is 4.31 Å². The Labute approximate surface area is 305 Å². The molecule has 2 aliphatic rings. The van der Waals surface area contributed by atoms with Crippen LogP contribution in [0.3, 0.4) is 0 Å². The standard InChI is InChI=1S/C38H49N5O8S/c1-8-27-22-42(52(49,50)32-13-11-10-12-31(32)51-27)21-26-20-25(15-14-23(26)3)34(28-16-18-30-35(24(28)4)41(7)40-43(30)9-2)38(5,6)37(48)39-29(36(46)47)17-19-33(44)45/h10-16,18,20,27,29,34,40H,8-9,17,19,21-22H2,1-7H3,(H,39,48)(H,44,45)(H,46,47)/t27-,29-,34+/m1/s1. The van der Waals surface area contributed by atoms with Crippen molar-refractivity contribution in [3.8, 4) is 5.75 Å². The highest BCUT2D eigenvalue weighted by atomic mass is 32.2. The van der Waals surface area contributed by atoms with Crippen molar-refractivity contribution in [2.45, 2.75) is 90.3 Å². The van der Waals surface area contributed by atoms with Gasteiger partial charge in [0.15, 0.2) is 0 Å². The number of benzene rings is 3. The summed E-state index contributed by atoms with van der Waals surface area (Å²) in [7, 11) is -2.02. The van der Waals surface area contributed by atoms with Crippen LogP contribution in [-0.2, 0) is 31.0 Å². The number of ether oxygens (including phenoxy) is 1. The Morgan fingerprint density at radius 2 is 1.77 bits per heavy atom. The Bertz CT molecular complexity index is 1970. The highest BCUT2D eigenvalue weighted by molar-refractivity contribution is 7.89. The molecule has 0 fully saturated rings. The number of fused-ring (bicyclic) bond motifs is 2. The Hall–Kier alpha value is -4.66. The number of aliphatic carboxylic acids is 2. The molecule has 0 saturated heterocycles. The number of nitrogens with one attached hydrogen (secondary N) is 2. The lowest BCUT2D eigenvalue weighted by Crippen LogP contribution is -2.49. The molecule has 4 N–H and O–H groups in total. The summed E-state index contributed by atoms with van der Waals surface area (Å²) in [6, 6.07) is 15.0. The average Bonchev–Trinajstić information content (AvgIpc) is 3.38. The number of anilines is 2. The van der Waals surface area contributed by atoms with Crippen LogP contribution in [0, 0.1) is 19.3 Å². The third-order valence-corrected chi connectivity index (χ3v) is 12.1. The van der Waals surface area contributed by atoms with Gasteiger partial charge in [-0.25, -0.2) is 13.2 Å². The number of aryl methyl sites for hydroxylation is 1. The van der Waals surface area contributed by atoms with E-state index in [-0.39, 0.29) is 30.5 Å². The van der Waals surface area contributed by atoms with E-state index in [1.54, 1.807) is 38.1 Å². The maximum absolute atomic E-state index is 14.2. The monoisotopic (exact) mass is 735 g/mol. The van der Waals surface area contributed by atoms with Crippen LogP contribution in [0.15, 0.2) is 59.5 Å². The molecule has 5 rings (SSSR count). The minimum Gasteiger partial charge on any atom is -0.488 e. The van der Waals surface area contributed by atoms with E-state index in [4.69, 9.17) is 4.74 Å². The van der Waals surface area contributed by atoms with E-state index in [9.17, 15) is 33.0 Å². The second kappa shape index (κ2) is 15.1. The third-order valence-electron chi connectivity index (χ3n) is 10.2. The number of amides is 1. The number of nitrogens with zero attached hydrogens (tertiary/aromatic N) is 3. The largest absolute Gasteiger partial charge is 0.488 e. The molecule has 2 aliphatic heterocycles. The molecule has 1 amide bonds. The smallest absolute Gasteiger partial charge is 0.326 e. The summed E-state index contributed by atoms with van der Waals surface area (Å²) >= 11 is 0. The van der Waals surface area contributed by atoms with Crippen LogP contribution in [0.2, 0.25) is 0 Å². The maximum atomic E-state index is 14.2. The second-order valence-corrected chi connectivity index (χ2v) is 16.0. The molecule has 3 aromatic carbocycles. The maximum Gasteiger partial charge on any atom is 0.326 e. The number of carboxylic acid groups (broad SMARTS) is 2. The number of sulfonamides is 1. The zero-order chi connectivity index (χ0) is 38.1. The molecule has 0 bridgehead atoms. The van der Waals surface area contributed by atoms with Crippen LogP contribution < -0.4 is 25.6 Å². The normalized spacial score (nSPS) is 18.1. The predicted molar refractivity (Wildman–Crippen MR) is 198 cm³/mol. The van der Waals surface area contributed by atoms with Gasteiger partial charge in [0.1, 0.15) is 22.8 Å². The summed E-state index contributed by atoms with van der Waals surface area (Å²) in [5, 5.41) is 25.7. The highest BCUT2D eigenvalue weighted by Gasteiger charge is 2.43. The molecule has 0 spiro atoms. The molecular weight excluding hydrogens is 687 g/mol. The van der Waals surface area contributed by atoms with Crippen molar-refractivity contribution in [2.75, 3.05) is 30.2 Å². The van der Waals surface area contributed by atoms with Crippen molar-refractivity contribution < 1.29 is 37.8 Å². The van der Waals surface area contributed by atoms with Gasteiger partial charge in [-0.15, -0.1) is 5.53 Å². The first-order chi connectivity index (χ1) is 24.5. The molecule has 0 aliphatic carbocycles. The topological polar surface area (TPSA) is 169 Å². The summed E-state index contributed by atoms with van der Waals surface area (Å²) in [6.07, 6.45) is -0.454. The summed E-state index contributed by atoms with van der Waals surface area (Å²) < 4.78 is 35.7. The summed E-state index contributed by atoms with van der Waals surface area (Å²) in [4.78, 5) is 37.8. The van der Waals surface area contributed by atoms with Crippen molar-refractivity contribution in [1.82, 2.24) is 15.2 Å². The average molecular weight is 736 g/mol. The lowest BCUT2D eigenvalue weighted by molar-refractivity contribution is -0.144. The fraction of sp³-hybridized carbons (Fsp3) is 0.447. The van der Waals surface area contributed by atoms with E-state index < -0.39 is 51.7 Å². The molecule has 13 nitrogen and oxygen atoms in total. The van der Waals surface area contributed by atoms with Crippen molar-refractivity contribution >= 4 is 39.2 Å². The van der Waals surface area contributed by atoms with Crippen LogP contribution >= 0.6 is 0 Å². The van der Waals surface area contributed by atoms with Gasteiger partial charge in [-0.1, -0.05) is 57.2 Å². The van der Waals surface area contributed by atoms with Gasteiger partial charge in [0, 0.05) is 32.5 Å². The van der Waals surface area contributed by atoms with Crippen LogP contribution in [0.4, 0.5) is 11.4 Å². The Kier molecular flexibility index (Phi) is 11.2. The van der Waals surface area contributed by atoms with Crippen LogP contribution in [0.5, 0.6) is 5.75 Å². The van der Waals surface area contributed by atoms with Gasteiger partial charge in [-0.05, 0) is 79.6 Å². The van der Waals surface area contributed by atoms with E-state index in [2.05, 4.69) is 10.9 Å². The Morgan fingerprint density at radius 3 is 2.42 bits per heavy atom. The van der Waals surface area contributed by atoms with Gasteiger partial charge < -0.3 is 20.3 Å². The van der Waals surface area contributed by atoms with Gasteiger partial charge in [0.2, 0.25) is 15.9 Å². The van der Waals surface area contributed by atoms with Crippen molar-refractivity contribution in [3.05, 3.63) is 82.4 Å². The molecule has 280 valence electrons. The van der Waals surface area contributed by atoms with Gasteiger partial charge in [-0.2, -0.15) is 4.31 Å². The Balaban J connectivity index is 1.62. The lowest BCUT2D eigenvalue weighted by atomic mass is 9.69. The zero-order valence-electron chi connectivity index (χ0n) is 30.8. The molecular formula is C38H49N5O8S. The molecule has 3 atom stereocenters. The van der Waals surface area contributed by atoms with E-state index >= 15 is 0 Å². The van der Waals surface area contributed by atoms with Crippen LogP contribution in [-0.4, -0.2) is 73.1 Å². The molecule has 2 heterocycles. The summed E-state index contributed by atoms with van der Waals surface area (Å²) in [5.74, 6) is -3.36. The molecule has 0 saturated carbocycles. The number of carbonyl (C=O) groups excluding carboxylic acids is 1. The SMILES string of the molecule is CC[C@@H]1CN(Cc2cc([C@@H](c3ccc4c(c3C)N(C)NN4CC)C(C)(C)C(=O)N[C@H](CCC(=O)O)C(=O)O)ccc2C)S(=O)(=O)c2ccccc2O1. The van der Waals surface area contributed by atoms with E-state index in [1.807, 2.05) is 75.1 Å². The number of carbonyl (C=O) groups is 3. The predicted octanol–water partition coefficient (Wildman–Crippen LogP) is 4.95. The molecule has 52 heavy (non-hydrogen) atoms. The Morgan fingerprint density at radius 1 is 1.06 bits per heavy atom. The van der Waals surface area contributed by atoms with Crippen LogP contribution in [0.1, 0.15) is 80.7 Å². The highest BCUT2D eigenvalue weighted by Crippen LogP contribution is 2.47. The van der Waals surface area contributed by atoms with Crippen molar-refractivity contribution in [2.24, 2.45) is 5.41 Å². The summed E-state index contributed by atoms with van der Waals surface area (Å²) in [5.41, 5.74) is 8.03.